The molecule has 0 radical (unpaired) electrons. The van der Waals surface area contributed by atoms with Crippen LogP contribution in [-0.2, 0) is 22.7 Å². The van der Waals surface area contributed by atoms with E-state index in [0.717, 1.165) is 69.8 Å². The number of carbonyl (C=O) groups excluding carboxylic acids is 2. The normalized spacial score (nSPS) is 22.5. The molecule has 0 aromatic carbocycles. The number of hydrogen-bond donors (Lipinski definition) is 2. The van der Waals surface area contributed by atoms with E-state index in [4.69, 9.17) is 0 Å². The van der Waals surface area contributed by atoms with Crippen LogP contribution >= 0.6 is 0 Å². The lowest BCUT2D eigenvalue weighted by Gasteiger charge is -2.34. The van der Waals surface area contributed by atoms with Crippen LogP contribution in [0.5, 0.6) is 0 Å². The Morgan fingerprint density at radius 2 is 1.82 bits per heavy atom. The van der Waals surface area contributed by atoms with Gasteiger partial charge in [-0.3, -0.25) is 9.59 Å². The minimum Gasteiger partial charge on any atom is -0.344 e. The van der Waals surface area contributed by atoms with Gasteiger partial charge >= 0.3 is 0 Å². The van der Waals surface area contributed by atoms with Gasteiger partial charge in [-0.25, -0.2) is 0 Å². The first-order valence-electron chi connectivity index (χ1n) is 10.9. The molecule has 1 aromatic heterocycles. The summed E-state index contributed by atoms with van der Waals surface area (Å²) in [5, 5.41) is 15.0. The highest BCUT2D eigenvalue weighted by Crippen LogP contribution is 2.28. The zero-order valence-electron chi connectivity index (χ0n) is 16.8. The molecule has 0 bridgehead atoms. The molecule has 2 fully saturated rings. The maximum absolute atomic E-state index is 12.8. The van der Waals surface area contributed by atoms with Crippen molar-refractivity contribution in [3.63, 3.8) is 0 Å². The first-order valence-corrected chi connectivity index (χ1v) is 10.9. The third-order valence-corrected chi connectivity index (χ3v) is 6.53. The quantitative estimate of drug-likeness (QED) is 0.808. The molecule has 28 heavy (non-hydrogen) atoms. The zero-order valence-corrected chi connectivity index (χ0v) is 16.8. The Balaban J connectivity index is 1.29. The van der Waals surface area contributed by atoms with Crippen molar-refractivity contribution in [3.05, 3.63) is 11.6 Å². The van der Waals surface area contributed by atoms with Gasteiger partial charge in [0.2, 0.25) is 11.8 Å². The molecule has 2 aliphatic heterocycles. The molecule has 8 heteroatoms. The van der Waals surface area contributed by atoms with Crippen molar-refractivity contribution in [1.82, 2.24) is 30.3 Å². The lowest BCUT2D eigenvalue weighted by atomic mass is 9.88. The number of nitrogens with one attached hydrogen (secondary N) is 2. The van der Waals surface area contributed by atoms with Crippen molar-refractivity contribution in [2.75, 3.05) is 19.6 Å². The molecule has 2 amide bonds. The first kappa shape index (κ1) is 19.4. The molecule has 2 N–H and O–H groups in total. The SMILES string of the molecule is C[C@H](NC(=O)C1CCCCC1)C(=O)N1CCC(c2nnc3n2CCNC3)CC1. The minimum absolute atomic E-state index is 0.0371. The van der Waals surface area contributed by atoms with E-state index < -0.39 is 6.04 Å². The maximum Gasteiger partial charge on any atom is 0.244 e. The standard InChI is InChI=1S/C20H32N6O2/c1-14(22-19(27)16-5-3-2-4-6-16)20(28)25-10-7-15(8-11-25)18-24-23-17-13-21-9-12-26(17)18/h14-16,21H,2-13H2,1H3,(H,22,27)/t14-/m0/s1. The number of aromatic nitrogens is 3. The Kier molecular flexibility index (Phi) is 5.94. The fourth-order valence-electron chi connectivity index (χ4n) is 4.81. The van der Waals surface area contributed by atoms with Gasteiger partial charge in [-0.2, -0.15) is 0 Å². The monoisotopic (exact) mass is 388 g/mol. The van der Waals surface area contributed by atoms with Crippen LogP contribution in [-0.4, -0.2) is 57.2 Å². The molecule has 8 nitrogen and oxygen atoms in total. The molecule has 3 aliphatic rings. The average Bonchev–Trinajstić information content (AvgIpc) is 3.18. The zero-order chi connectivity index (χ0) is 19.5. The summed E-state index contributed by atoms with van der Waals surface area (Å²) in [7, 11) is 0. The Hall–Kier alpha value is -1.96. The Bertz CT molecular complexity index is 704. The molecule has 1 saturated carbocycles. The van der Waals surface area contributed by atoms with Crippen LogP contribution in [0.2, 0.25) is 0 Å². The van der Waals surface area contributed by atoms with Crippen LogP contribution in [0.15, 0.2) is 0 Å². The summed E-state index contributed by atoms with van der Waals surface area (Å²) in [5.41, 5.74) is 0. The van der Waals surface area contributed by atoms with Gasteiger partial charge in [-0.1, -0.05) is 19.3 Å². The van der Waals surface area contributed by atoms with E-state index in [9.17, 15) is 9.59 Å². The van der Waals surface area contributed by atoms with Gasteiger partial charge in [0.15, 0.2) is 0 Å². The molecule has 3 heterocycles. The highest BCUT2D eigenvalue weighted by atomic mass is 16.2. The van der Waals surface area contributed by atoms with Gasteiger partial charge in [0.1, 0.15) is 17.7 Å². The molecule has 154 valence electrons. The van der Waals surface area contributed by atoms with E-state index in [2.05, 4.69) is 25.4 Å². The summed E-state index contributed by atoms with van der Waals surface area (Å²) >= 11 is 0. The summed E-state index contributed by atoms with van der Waals surface area (Å²) in [4.78, 5) is 27.1. The van der Waals surface area contributed by atoms with Crippen LogP contribution in [0.25, 0.3) is 0 Å². The number of rotatable bonds is 4. The fourth-order valence-corrected chi connectivity index (χ4v) is 4.81. The maximum atomic E-state index is 12.8. The van der Waals surface area contributed by atoms with E-state index in [1.54, 1.807) is 0 Å². The number of amides is 2. The van der Waals surface area contributed by atoms with E-state index in [1.165, 1.54) is 6.42 Å². The molecule has 4 rings (SSSR count). The second-order valence-electron chi connectivity index (χ2n) is 8.47. The smallest absolute Gasteiger partial charge is 0.244 e. The third-order valence-electron chi connectivity index (χ3n) is 6.53. The van der Waals surface area contributed by atoms with Crippen LogP contribution in [0.1, 0.15) is 69.4 Å². The van der Waals surface area contributed by atoms with Crippen molar-refractivity contribution in [1.29, 1.82) is 0 Å². The second kappa shape index (κ2) is 8.59. The van der Waals surface area contributed by atoms with Crippen molar-refractivity contribution >= 4 is 11.8 Å². The molecule has 0 spiro atoms. The van der Waals surface area contributed by atoms with Crippen molar-refractivity contribution in [2.24, 2.45) is 5.92 Å². The highest BCUT2D eigenvalue weighted by molar-refractivity contribution is 5.88. The molecule has 1 atom stereocenters. The molecule has 1 aromatic rings. The molecular formula is C20H32N6O2. The summed E-state index contributed by atoms with van der Waals surface area (Å²) in [6.07, 6.45) is 7.18. The Morgan fingerprint density at radius 3 is 2.57 bits per heavy atom. The second-order valence-corrected chi connectivity index (χ2v) is 8.47. The number of nitrogens with zero attached hydrogens (tertiary/aromatic N) is 4. The van der Waals surface area contributed by atoms with Crippen molar-refractivity contribution < 1.29 is 9.59 Å². The van der Waals surface area contributed by atoms with E-state index in [1.807, 2.05) is 11.8 Å². The largest absolute Gasteiger partial charge is 0.344 e. The van der Waals surface area contributed by atoms with E-state index in [0.29, 0.717) is 19.0 Å². The predicted octanol–water partition coefficient (Wildman–Crippen LogP) is 1.17. The van der Waals surface area contributed by atoms with Crippen LogP contribution in [0, 0.1) is 5.92 Å². The lowest BCUT2D eigenvalue weighted by Crippen LogP contribution is -2.50. The average molecular weight is 389 g/mol. The van der Waals surface area contributed by atoms with Gasteiger partial charge in [-0.15, -0.1) is 10.2 Å². The Labute approximate surface area is 166 Å². The topological polar surface area (TPSA) is 92.2 Å². The molecule has 1 aliphatic carbocycles. The molecular weight excluding hydrogens is 356 g/mol. The van der Waals surface area contributed by atoms with Gasteiger partial charge in [0.25, 0.3) is 0 Å². The number of likely N-dealkylation sites (tertiary alicyclic amines) is 1. The van der Waals surface area contributed by atoms with Gasteiger partial charge in [0.05, 0.1) is 6.54 Å². The molecule has 1 saturated heterocycles. The summed E-state index contributed by atoms with van der Waals surface area (Å²) in [6.45, 7) is 5.90. The minimum atomic E-state index is -0.446. The predicted molar refractivity (Wildman–Crippen MR) is 104 cm³/mol. The number of hydrogen-bond acceptors (Lipinski definition) is 5. The van der Waals surface area contributed by atoms with Gasteiger partial charge in [0, 0.05) is 38.0 Å². The first-order chi connectivity index (χ1) is 13.6. The van der Waals surface area contributed by atoms with Gasteiger partial charge < -0.3 is 20.1 Å². The van der Waals surface area contributed by atoms with E-state index in [-0.39, 0.29) is 17.7 Å². The number of piperidine rings is 1. The Morgan fingerprint density at radius 1 is 1.07 bits per heavy atom. The van der Waals surface area contributed by atoms with Gasteiger partial charge in [-0.05, 0) is 32.6 Å². The summed E-state index contributed by atoms with van der Waals surface area (Å²) in [5.74, 6) is 2.62. The van der Waals surface area contributed by atoms with Crippen molar-refractivity contribution in [3.8, 4) is 0 Å². The molecule has 0 unspecified atom stereocenters. The van der Waals surface area contributed by atoms with E-state index >= 15 is 0 Å². The fraction of sp³-hybridized carbons (Fsp3) is 0.800. The third kappa shape index (κ3) is 4.06. The lowest BCUT2D eigenvalue weighted by molar-refractivity contribution is -0.138. The summed E-state index contributed by atoms with van der Waals surface area (Å²) < 4.78 is 2.24. The van der Waals surface area contributed by atoms with Crippen LogP contribution < -0.4 is 10.6 Å². The van der Waals surface area contributed by atoms with Crippen LogP contribution in [0.3, 0.4) is 0 Å². The number of fused-ring (bicyclic) bond motifs is 1. The summed E-state index contributed by atoms with van der Waals surface area (Å²) in [6, 6.07) is -0.446. The highest BCUT2D eigenvalue weighted by Gasteiger charge is 2.31. The van der Waals surface area contributed by atoms with Crippen molar-refractivity contribution in [2.45, 2.75) is 76.9 Å². The number of carbonyl (C=O) groups is 2. The van der Waals surface area contributed by atoms with Crippen LogP contribution in [0.4, 0.5) is 0 Å².